The van der Waals surface area contributed by atoms with Crippen molar-refractivity contribution >= 4 is 11.7 Å². The van der Waals surface area contributed by atoms with Gasteiger partial charge in [0.2, 0.25) is 0 Å². The van der Waals surface area contributed by atoms with Crippen molar-refractivity contribution in [2.45, 2.75) is 13.8 Å². The van der Waals surface area contributed by atoms with Gasteiger partial charge in [-0.25, -0.2) is 4.79 Å². The number of anilines is 1. The molecule has 5 heteroatoms. The maximum Gasteiger partial charge on any atom is 0.350 e. The molecule has 0 saturated heterocycles. The summed E-state index contributed by atoms with van der Waals surface area (Å²) in [5.41, 5.74) is 0.592. The number of nitrogens with one attached hydrogen (secondary N) is 1. The Morgan fingerprint density at radius 1 is 1.37 bits per heavy atom. The third kappa shape index (κ3) is 4.36. The minimum Gasteiger partial charge on any atom is -0.492 e. The molecule has 0 bridgehead atoms. The molecule has 0 fully saturated rings. The van der Waals surface area contributed by atoms with Crippen LogP contribution in [0.15, 0.2) is 36.0 Å². The average Bonchev–Trinajstić information content (AvgIpc) is 2.42. The molecule has 0 amide bonds. The van der Waals surface area contributed by atoms with Crippen LogP contribution in [0.25, 0.3) is 0 Å². The summed E-state index contributed by atoms with van der Waals surface area (Å²) >= 11 is 0. The normalized spacial score (nSPS) is 10.5. The first kappa shape index (κ1) is 14.6. The zero-order chi connectivity index (χ0) is 14.1. The number of para-hydroxylation sites is 2. The first-order chi connectivity index (χ1) is 9.22. The van der Waals surface area contributed by atoms with Crippen LogP contribution >= 0.6 is 0 Å². The fourth-order valence-electron chi connectivity index (χ4n) is 1.36. The van der Waals surface area contributed by atoms with Crippen LogP contribution in [-0.2, 0) is 9.53 Å². The van der Waals surface area contributed by atoms with Crippen LogP contribution in [0.4, 0.5) is 5.69 Å². The van der Waals surface area contributed by atoms with Gasteiger partial charge in [-0.15, -0.1) is 0 Å². The molecule has 0 radical (unpaired) electrons. The molecule has 19 heavy (non-hydrogen) atoms. The molecule has 0 spiro atoms. The van der Waals surface area contributed by atoms with Crippen molar-refractivity contribution in [3.05, 3.63) is 36.0 Å². The van der Waals surface area contributed by atoms with E-state index in [4.69, 9.17) is 14.7 Å². The number of carbonyl (C=O) groups excluding carboxylic acids is 1. The Balaban J connectivity index is 2.84. The molecule has 0 saturated carbocycles. The Bertz CT molecular complexity index is 504. The Hall–Kier alpha value is -2.48. The summed E-state index contributed by atoms with van der Waals surface area (Å²) < 4.78 is 10.2. The molecule has 0 aliphatic carbocycles. The van der Waals surface area contributed by atoms with Gasteiger partial charge < -0.3 is 14.8 Å². The van der Waals surface area contributed by atoms with Crippen molar-refractivity contribution in [3.8, 4) is 11.8 Å². The van der Waals surface area contributed by atoms with Crippen molar-refractivity contribution in [3.63, 3.8) is 0 Å². The smallest absolute Gasteiger partial charge is 0.350 e. The van der Waals surface area contributed by atoms with E-state index in [-0.39, 0.29) is 12.2 Å². The van der Waals surface area contributed by atoms with E-state index in [9.17, 15) is 4.79 Å². The number of esters is 1. The third-order valence-corrected chi connectivity index (χ3v) is 2.17. The van der Waals surface area contributed by atoms with Crippen molar-refractivity contribution < 1.29 is 14.3 Å². The second-order valence-electron chi connectivity index (χ2n) is 3.46. The summed E-state index contributed by atoms with van der Waals surface area (Å²) in [6.07, 6.45) is 1.32. The van der Waals surface area contributed by atoms with Gasteiger partial charge in [0.25, 0.3) is 0 Å². The Morgan fingerprint density at radius 3 is 2.74 bits per heavy atom. The van der Waals surface area contributed by atoms with E-state index in [1.54, 1.807) is 25.1 Å². The van der Waals surface area contributed by atoms with E-state index in [0.29, 0.717) is 18.0 Å². The van der Waals surface area contributed by atoms with Gasteiger partial charge in [-0.2, -0.15) is 5.26 Å². The number of nitrogens with zero attached hydrogens (tertiary/aromatic N) is 1. The predicted molar refractivity (Wildman–Crippen MR) is 71.6 cm³/mol. The molecule has 0 aliphatic rings. The number of carbonyl (C=O) groups is 1. The molecule has 0 aromatic heterocycles. The van der Waals surface area contributed by atoms with Crippen LogP contribution in [0, 0.1) is 11.3 Å². The van der Waals surface area contributed by atoms with Gasteiger partial charge in [-0.1, -0.05) is 12.1 Å². The monoisotopic (exact) mass is 260 g/mol. The maximum absolute atomic E-state index is 11.4. The number of hydrogen-bond donors (Lipinski definition) is 1. The number of hydrogen-bond acceptors (Lipinski definition) is 5. The van der Waals surface area contributed by atoms with E-state index < -0.39 is 5.97 Å². The van der Waals surface area contributed by atoms with Gasteiger partial charge in [0.05, 0.1) is 18.9 Å². The Labute approximate surface area is 112 Å². The average molecular weight is 260 g/mol. The summed E-state index contributed by atoms with van der Waals surface area (Å²) in [4.78, 5) is 11.4. The second kappa shape index (κ2) is 7.77. The van der Waals surface area contributed by atoms with Gasteiger partial charge in [0, 0.05) is 6.20 Å². The van der Waals surface area contributed by atoms with Crippen LogP contribution in [0.2, 0.25) is 0 Å². The molecular formula is C14H16N2O3. The largest absolute Gasteiger partial charge is 0.492 e. The van der Waals surface area contributed by atoms with Gasteiger partial charge in [-0.3, -0.25) is 0 Å². The highest BCUT2D eigenvalue weighted by Gasteiger charge is 2.09. The zero-order valence-electron chi connectivity index (χ0n) is 11.0. The van der Waals surface area contributed by atoms with Crippen LogP contribution in [-0.4, -0.2) is 19.2 Å². The molecule has 100 valence electrons. The van der Waals surface area contributed by atoms with E-state index in [1.165, 1.54) is 6.20 Å². The van der Waals surface area contributed by atoms with Crippen molar-refractivity contribution in [1.82, 2.24) is 0 Å². The molecule has 0 aliphatic heterocycles. The minimum atomic E-state index is -0.647. The molecule has 1 aromatic rings. The molecule has 5 nitrogen and oxygen atoms in total. The third-order valence-electron chi connectivity index (χ3n) is 2.17. The first-order valence-electron chi connectivity index (χ1n) is 5.98. The van der Waals surface area contributed by atoms with E-state index in [1.807, 2.05) is 19.1 Å². The number of benzene rings is 1. The number of rotatable bonds is 6. The molecule has 0 unspecified atom stereocenters. The van der Waals surface area contributed by atoms with E-state index in [2.05, 4.69) is 5.32 Å². The van der Waals surface area contributed by atoms with Gasteiger partial charge in [-0.05, 0) is 26.0 Å². The van der Waals surface area contributed by atoms with Gasteiger partial charge >= 0.3 is 5.97 Å². The van der Waals surface area contributed by atoms with Crippen LogP contribution < -0.4 is 10.1 Å². The number of nitriles is 1. The fourth-order valence-corrected chi connectivity index (χ4v) is 1.36. The molecule has 1 aromatic carbocycles. The molecule has 1 rings (SSSR count). The summed E-state index contributed by atoms with van der Waals surface area (Å²) in [5, 5.41) is 11.8. The van der Waals surface area contributed by atoms with Gasteiger partial charge in [0.15, 0.2) is 5.57 Å². The quantitative estimate of drug-likeness (QED) is 0.483. The highest BCUT2D eigenvalue weighted by Crippen LogP contribution is 2.23. The Morgan fingerprint density at radius 2 is 2.11 bits per heavy atom. The SMILES string of the molecule is CCOC(=O)C(C#N)=CNc1ccccc1OCC. The molecular weight excluding hydrogens is 244 g/mol. The van der Waals surface area contributed by atoms with E-state index in [0.717, 1.165) is 0 Å². The highest BCUT2D eigenvalue weighted by atomic mass is 16.5. The van der Waals surface area contributed by atoms with Crippen molar-refractivity contribution in [2.24, 2.45) is 0 Å². The standard InChI is InChI=1S/C14H16N2O3/c1-3-18-13-8-6-5-7-12(13)16-10-11(9-15)14(17)19-4-2/h5-8,10,16H,3-4H2,1-2H3. The van der Waals surface area contributed by atoms with Crippen LogP contribution in [0.3, 0.4) is 0 Å². The maximum atomic E-state index is 11.4. The van der Waals surface area contributed by atoms with Crippen LogP contribution in [0.1, 0.15) is 13.8 Å². The second-order valence-corrected chi connectivity index (χ2v) is 3.46. The fraction of sp³-hybridized carbons (Fsp3) is 0.286. The predicted octanol–water partition coefficient (Wildman–Crippen LogP) is 2.47. The lowest BCUT2D eigenvalue weighted by Gasteiger charge is -2.09. The molecule has 0 atom stereocenters. The summed E-state index contributed by atoms with van der Waals surface area (Å²) in [6, 6.07) is 9.06. The van der Waals surface area contributed by atoms with Crippen LogP contribution in [0.5, 0.6) is 5.75 Å². The number of ether oxygens (including phenoxy) is 2. The van der Waals surface area contributed by atoms with Gasteiger partial charge in [0.1, 0.15) is 11.8 Å². The molecule has 1 N–H and O–H groups in total. The molecule has 0 heterocycles. The van der Waals surface area contributed by atoms with Crippen molar-refractivity contribution in [1.29, 1.82) is 5.26 Å². The zero-order valence-corrected chi connectivity index (χ0v) is 11.0. The lowest BCUT2D eigenvalue weighted by atomic mass is 10.2. The van der Waals surface area contributed by atoms with Crippen molar-refractivity contribution in [2.75, 3.05) is 18.5 Å². The summed E-state index contributed by atoms with van der Waals surface area (Å²) in [6.45, 7) is 4.33. The summed E-state index contributed by atoms with van der Waals surface area (Å²) in [7, 11) is 0. The highest BCUT2D eigenvalue weighted by molar-refractivity contribution is 5.93. The minimum absolute atomic E-state index is 0.0897. The lowest BCUT2D eigenvalue weighted by Crippen LogP contribution is -2.08. The lowest BCUT2D eigenvalue weighted by molar-refractivity contribution is -0.138. The first-order valence-corrected chi connectivity index (χ1v) is 5.98. The Kier molecular flexibility index (Phi) is 5.96. The summed E-state index contributed by atoms with van der Waals surface area (Å²) in [5.74, 6) is 0.00814. The topological polar surface area (TPSA) is 71.4 Å². The van der Waals surface area contributed by atoms with E-state index >= 15 is 0 Å².